The van der Waals surface area contributed by atoms with E-state index in [0.717, 1.165) is 57.8 Å². The molecule has 0 aromatic rings. The van der Waals surface area contributed by atoms with Crippen molar-refractivity contribution in [3.63, 3.8) is 0 Å². The lowest BCUT2D eigenvalue weighted by Crippen LogP contribution is -2.56. The molecule has 46 heavy (non-hydrogen) atoms. The number of quaternary nitrogens is 3. The number of hydrogen-bond acceptors (Lipinski definition) is 9. The lowest BCUT2D eigenvalue weighted by atomic mass is 9.80. The van der Waals surface area contributed by atoms with Gasteiger partial charge in [-0.25, -0.2) is 14.4 Å². The number of hydroxylamine groups is 9. The van der Waals surface area contributed by atoms with Crippen LogP contribution in [0.2, 0.25) is 0 Å². The van der Waals surface area contributed by atoms with E-state index >= 15 is 0 Å². The minimum atomic E-state index is -2.92. The molecule has 0 aromatic carbocycles. The zero-order valence-electron chi connectivity index (χ0n) is 33.0. The van der Waals surface area contributed by atoms with Gasteiger partial charge in [-0.15, -0.1) is 13.9 Å². The third-order valence-corrected chi connectivity index (χ3v) is 8.46. The molecule has 0 aliphatic heterocycles. The van der Waals surface area contributed by atoms with Crippen LogP contribution in [0.15, 0.2) is 0 Å². The first-order valence-corrected chi connectivity index (χ1v) is 16.8. The average Bonchev–Trinajstić information content (AvgIpc) is 2.90. The molecule has 0 fully saturated rings. The van der Waals surface area contributed by atoms with E-state index in [0.29, 0.717) is 0 Å². The first-order chi connectivity index (χ1) is 20.7. The summed E-state index contributed by atoms with van der Waals surface area (Å²) in [7, 11) is 13.7. The van der Waals surface area contributed by atoms with E-state index in [-0.39, 0.29) is 48.1 Å². The third kappa shape index (κ3) is 21.2. The quantitative estimate of drug-likeness (QED) is 0.146. The molecule has 0 bridgehead atoms. The first-order valence-electron chi connectivity index (χ1n) is 16.8. The fourth-order valence-corrected chi connectivity index (χ4v) is 4.59. The van der Waals surface area contributed by atoms with Crippen LogP contribution in [0.4, 0.5) is 0 Å². The van der Waals surface area contributed by atoms with Gasteiger partial charge in [0.1, 0.15) is 63.4 Å². The number of rotatable bonds is 15. The van der Waals surface area contributed by atoms with Crippen molar-refractivity contribution in [1.82, 2.24) is 0 Å². The molecule has 0 atom stereocenters. The molecule has 0 saturated carbocycles. The molecule has 0 aromatic heterocycles. The van der Waals surface area contributed by atoms with Gasteiger partial charge in [0.2, 0.25) is 0 Å². The highest BCUT2D eigenvalue weighted by atomic mass is 16.7. The monoisotopic (exact) mass is 666 g/mol. The van der Waals surface area contributed by atoms with Crippen molar-refractivity contribution in [3.05, 3.63) is 0 Å². The highest BCUT2D eigenvalue weighted by molar-refractivity contribution is 6.24. The van der Waals surface area contributed by atoms with Crippen LogP contribution >= 0.6 is 0 Å². The van der Waals surface area contributed by atoms with Gasteiger partial charge < -0.3 is 15.1 Å². The SMILES string of the molecule is CCC(CC)(CC)C(=O)O[N+](C)(C)C.CCC(CC)(CC)C(=O)O[N+](C)(C)C.CCC(CC)(CC)C(=O)O[N+](C)(C)C.[O-]B([O-])[O-]. The molecule has 0 radical (unpaired) electrons. The summed E-state index contributed by atoms with van der Waals surface area (Å²) in [5, 5.41) is 25.2. The Hall–Kier alpha value is -1.77. The molecule has 13 heteroatoms. The van der Waals surface area contributed by atoms with Crippen molar-refractivity contribution in [1.29, 1.82) is 0 Å². The summed E-state index contributed by atoms with van der Waals surface area (Å²) in [4.78, 5) is 51.9. The van der Waals surface area contributed by atoms with Gasteiger partial charge in [-0.1, -0.05) is 62.3 Å². The standard InChI is InChI=1S/3C11H24NO2.BO3/c3*1-7-11(8-2,9-3)10(13)14-12(4,5)6;2-1(3)4/h3*7-9H2,1-6H3;/q3*+1;-3. The zero-order chi connectivity index (χ0) is 37.8. The maximum Gasteiger partial charge on any atom is 0.372 e. The van der Waals surface area contributed by atoms with Gasteiger partial charge in [0.15, 0.2) is 0 Å². The minimum absolute atomic E-state index is 0.0718. The molecule has 0 spiro atoms. The summed E-state index contributed by atoms with van der Waals surface area (Å²) >= 11 is 0. The van der Waals surface area contributed by atoms with Gasteiger partial charge >= 0.3 is 17.9 Å². The third-order valence-electron chi connectivity index (χ3n) is 8.46. The molecule has 0 unspecified atom stereocenters. The summed E-state index contributed by atoms with van der Waals surface area (Å²) in [5.41, 5.74) is -0.859. The molecule has 0 aliphatic rings. The molecule has 0 rings (SSSR count). The Morgan fingerprint density at radius 2 is 0.522 bits per heavy atom. The summed E-state index contributed by atoms with van der Waals surface area (Å²) in [6, 6.07) is 0. The lowest BCUT2D eigenvalue weighted by Gasteiger charge is -2.35. The molecule has 0 N–H and O–H groups in total. The van der Waals surface area contributed by atoms with Crippen LogP contribution in [0.25, 0.3) is 0 Å². The second kappa shape index (κ2) is 22.7. The minimum Gasteiger partial charge on any atom is -0.907 e. The Balaban J connectivity index is -0.000000271. The van der Waals surface area contributed by atoms with Crippen LogP contribution in [-0.4, -0.2) is 103 Å². The van der Waals surface area contributed by atoms with Crippen LogP contribution in [0.3, 0.4) is 0 Å². The largest absolute Gasteiger partial charge is 0.907 e. The Morgan fingerprint density at radius 1 is 0.413 bits per heavy atom. The number of hydrogen-bond donors (Lipinski definition) is 0. The van der Waals surface area contributed by atoms with E-state index < -0.39 is 7.32 Å². The van der Waals surface area contributed by atoms with Crippen LogP contribution in [0.1, 0.15) is 120 Å². The van der Waals surface area contributed by atoms with E-state index in [4.69, 9.17) is 29.6 Å². The Morgan fingerprint density at radius 3 is 0.587 bits per heavy atom. The summed E-state index contributed by atoms with van der Waals surface area (Å²) in [6.45, 7) is 18.4. The second-order valence-corrected chi connectivity index (χ2v) is 14.1. The molecular weight excluding hydrogens is 593 g/mol. The van der Waals surface area contributed by atoms with E-state index in [1.807, 2.05) is 126 Å². The van der Waals surface area contributed by atoms with Crippen molar-refractivity contribution in [2.24, 2.45) is 16.2 Å². The maximum absolute atomic E-state index is 11.9. The molecule has 0 heterocycles. The van der Waals surface area contributed by atoms with Gasteiger partial charge in [0, 0.05) is 0 Å². The van der Waals surface area contributed by atoms with E-state index in [2.05, 4.69) is 0 Å². The smallest absolute Gasteiger partial charge is 0.372 e. The van der Waals surface area contributed by atoms with Gasteiger partial charge in [0.05, 0.1) is 16.2 Å². The summed E-state index contributed by atoms with van der Waals surface area (Å²) in [6.07, 6.45) is 7.61. The Bertz CT molecular complexity index is 705. The van der Waals surface area contributed by atoms with Gasteiger partial charge in [0.25, 0.3) is 0 Å². The topological polar surface area (TPSA) is 148 Å². The molecule has 0 amide bonds. The zero-order valence-corrected chi connectivity index (χ0v) is 33.0. The van der Waals surface area contributed by atoms with Crippen molar-refractivity contribution in [2.45, 2.75) is 120 Å². The normalized spacial score (nSPS) is 12.2. The average molecular weight is 666 g/mol. The predicted molar refractivity (Wildman–Crippen MR) is 178 cm³/mol. The fourth-order valence-electron chi connectivity index (χ4n) is 4.59. The van der Waals surface area contributed by atoms with Crippen molar-refractivity contribution >= 4 is 25.2 Å². The second-order valence-electron chi connectivity index (χ2n) is 14.1. The van der Waals surface area contributed by atoms with Crippen molar-refractivity contribution in [2.75, 3.05) is 63.4 Å². The summed E-state index contributed by atoms with van der Waals surface area (Å²) < 4.78 is 0.710. The maximum atomic E-state index is 11.9. The van der Waals surface area contributed by atoms with E-state index in [1.165, 1.54) is 0 Å². The molecule has 0 aliphatic carbocycles. The van der Waals surface area contributed by atoms with E-state index in [9.17, 15) is 14.4 Å². The highest BCUT2D eigenvalue weighted by Gasteiger charge is 2.40. The molecular formula is C33H72BN3O9. The lowest BCUT2D eigenvalue weighted by molar-refractivity contribution is -1.04. The Kier molecular flexibility index (Phi) is 25.3. The fraction of sp³-hybridized carbons (Fsp3) is 0.909. The number of nitrogens with zero attached hydrogens (tertiary/aromatic N) is 3. The van der Waals surface area contributed by atoms with Gasteiger partial charge in [-0.05, 0) is 57.8 Å². The van der Waals surface area contributed by atoms with Crippen LogP contribution in [0, 0.1) is 16.2 Å². The number of carbonyl (C=O) groups excluding carboxylic acids is 3. The van der Waals surface area contributed by atoms with Crippen LogP contribution in [-0.2, 0) is 28.9 Å². The molecule has 0 saturated heterocycles. The van der Waals surface area contributed by atoms with Crippen LogP contribution < -0.4 is 15.1 Å². The van der Waals surface area contributed by atoms with Crippen LogP contribution in [0.5, 0.6) is 0 Å². The van der Waals surface area contributed by atoms with Gasteiger partial charge in [-0.2, -0.15) is 0 Å². The summed E-state index contributed by atoms with van der Waals surface area (Å²) in [5.74, 6) is -0.215. The first kappa shape index (κ1) is 51.1. The molecule has 12 nitrogen and oxygen atoms in total. The van der Waals surface area contributed by atoms with Crippen molar-refractivity contribution in [3.8, 4) is 0 Å². The van der Waals surface area contributed by atoms with Gasteiger partial charge in [-0.3, -0.25) is 21.8 Å². The van der Waals surface area contributed by atoms with Crippen molar-refractivity contribution < 1.29 is 57.9 Å². The predicted octanol–water partition coefficient (Wildman–Crippen LogP) is 3.15. The highest BCUT2D eigenvalue weighted by Crippen LogP contribution is 2.34. The van der Waals surface area contributed by atoms with E-state index in [1.54, 1.807) is 0 Å². The number of carbonyl (C=O) groups is 3. The Labute approximate surface area is 282 Å². The molecule has 276 valence electrons.